The molecule has 8 nitrogen and oxygen atoms in total. The molecule has 0 amide bonds. The molecule has 0 radical (unpaired) electrons. The lowest BCUT2D eigenvalue weighted by Gasteiger charge is -2.11. The predicted octanol–water partition coefficient (Wildman–Crippen LogP) is 2.12. The Morgan fingerprint density at radius 1 is 1.17 bits per heavy atom. The quantitative estimate of drug-likeness (QED) is 0.176. The van der Waals surface area contributed by atoms with Crippen LogP contribution in [0.5, 0.6) is 0 Å². The molecular formula is C19H29IN4O4S. The van der Waals surface area contributed by atoms with Gasteiger partial charge in [-0.25, -0.2) is 18.1 Å². The number of hydrogen-bond acceptors (Lipinski definition) is 5. The lowest BCUT2D eigenvalue weighted by molar-refractivity contribution is 0.204. The number of furan rings is 1. The fourth-order valence-corrected chi connectivity index (χ4v) is 3.53. The normalized spacial score (nSPS) is 11.7. The van der Waals surface area contributed by atoms with Gasteiger partial charge in [-0.2, -0.15) is 0 Å². The van der Waals surface area contributed by atoms with Gasteiger partial charge in [0, 0.05) is 33.2 Å². The molecule has 2 aromatic rings. The zero-order chi connectivity index (χ0) is 20.2. The van der Waals surface area contributed by atoms with Crippen LogP contribution in [0.3, 0.4) is 0 Å². The lowest BCUT2D eigenvalue weighted by Crippen LogP contribution is -2.38. The number of rotatable bonds is 11. The minimum absolute atomic E-state index is 0. The third-order valence-electron chi connectivity index (χ3n) is 3.81. The fraction of sp³-hybridized carbons (Fsp3) is 0.421. The molecule has 162 valence electrons. The Balaban J connectivity index is 0.00000420. The van der Waals surface area contributed by atoms with E-state index in [0.29, 0.717) is 25.7 Å². The van der Waals surface area contributed by atoms with Crippen molar-refractivity contribution in [2.45, 2.75) is 24.8 Å². The number of halogens is 1. The maximum atomic E-state index is 12.3. The Morgan fingerprint density at radius 3 is 2.69 bits per heavy atom. The van der Waals surface area contributed by atoms with Gasteiger partial charge in [0.2, 0.25) is 10.0 Å². The first-order chi connectivity index (χ1) is 13.5. The predicted molar refractivity (Wildman–Crippen MR) is 124 cm³/mol. The van der Waals surface area contributed by atoms with Crippen LogP contribution < -0.4 is 15.4 Å². The summed E-state index contributed by atoms with van der Waals surface area (Å²) in [6, 6.07) is 10.6. The highest BCUT2D eigenvalue weighted by atomic mass is 127. The van der Waals surface area contributed by atoms with Gasteiger partial charge in [0.1, 0.15) is 5.76 Å². The lowest BCUT2D eigenvalue weighted by atomic mass is 10.2. The van der Waals surface area contributed by atoms with E-state index >= 15 is 0 Å². The van der Waals surface area contributed by atoms with Crippen LogP contribution in [0, 0.1) is 0 Å². The van der Waals surface area contributed by atoms with E-state index in [1.807, 2.05) is 25.1 Å². The molecule has 0 aliphatic carbocycles. The molecule has 0 bridgehead atoms. The molecule has 0 saturated carbocycles. The number of methoxy groups -OCH3 is 1. The average molecular weight is 536 g/mol. The summed E-state index contributed by atoms with van der Waals surface area (Å²) in [5.74, 6) is 1.57. The number of sulfonamides is 1. The summed E-state index contributed by atoms with van der Waals surface area (Å²) in [5, 5.41) is 6.42. The van der Waals surface area contributed by atoms with Gasteiger partial charge in [-0.15, -0.1) is 24.0 Å². The fourth-order valence-electron chi connectivity index (χ4n) is 2.44. The van der Waals surface area contributed by atoms with Crippen LogP contribution in [0.2, 0.25) is 0 Å². The van der Waals surface area contributed by atoms with Gasteiger partial charge >= 0.3 is 0 Å². The molecule has 2 rings (SSSR count). The summed E-state index contributed by atoms with van der Waals surface area (Å²) < 4.78 is 37.3. The van der Waals surface area contributed by atoms with Crippen molar-refractivity contribution in [3.63, 3.8) is 0 Å². The van der Waals surface area contributed by atoms with E-state index in [1.165, 1.54) is 7.11 Å². The molecule has 0 unspecified atom stereocenters. The largest absolute Gasteiger partial charge is 0.469 e. The Hall–Kier alpha value is -1.63. The molecule has 10 heteroatoms. The number of aliphatic imine (C=N–C) groups is 1. The molecule has 3 N–H and O–H groups in total. The monoisotopic (exact) mass is 536 g/mol. The van der Waals surface area contributed by atoms with Gasteiger partial charge < -0.3 is 19.8 Å². The van der Waals surface area contributed by atoms with Crippen LogP contribution in [0.1, 0.15) is 18.2 Å². The van der Waals surface area contributed by atoms with Crippen molar-refractivity contribution in [2.75, 3.05) is 33.4 Å². The molecule has 0 aliphatic rings. The number of nitrogens with one attached hydrogen (secondary N) is 3. The van der Waals surface area contributed by atoms with E-state index in [4.69, 9.17) is 9.15 Å². The highest BCUT2D eigenvalue weighted by Crippen LogP contribution is 2.12. The van der Waals surface area contributed by atoms with E-state index < -0.39 is 10.0 Å². The van der Waals surface area contributed by atoms with Gasteiger partial charge in [0.25, 0.3) is 0 Å². The molecular weight excluding hydrogens is 507 g/mol. The molecule has 0 atom stereocenters. The standard InChI is InChI=1S/C19H28N4O4S.HI/c1-3-20-19(21-10-9-17-7-5-12-27-17)22-15-16-6-4-8-18(14-16)28(24,25)23-11-13-26-2;/h4-8,12,14,23H,3,9-11,13,15H2,1-2H3,(H2,20,21,22);1H. The molecule has 1 aromatic heterocycles. The van der Waals surface area contributed by atoms with Crippen molar-refractivity contribution in [3.8, 4) is 0 Å². The van der Waals surface area contributed by atoms with E-state index in [-0.39, 0.29) is 35.4 Å². The van der Waals surface area contributed by atoms with Crippen molar-refractivity contribution in [3.05, 3.63) is 54.0 Å². The highest BCUT2D eigenvalue weighted by molar-refractivity contribution is 14.0. The zero-order valence-corrected chi connectivity index (χ0v) is 19.8. The number of ether oxygens (including phenoxy) is 1. The summed E-state index contributed by atoms with van der Waals surface area (Å²) in [5.41, 5.74) is 0.804. The maximum absolute atomic E-state index is 12.3. The van der Waals surface area contributed by atoms with E-state index in [0.717, 1.165) is 24.3 Å². The van der Waals surface area contributed by atoms with Gasteiger partial charge in [-0.3, -0.25) is 0 Å². The summed E-state index contributed by atoms with van der Waals surface area (Å²) in [6.45, 7) is 4.30. The van der Waals surface area contributed by atoms with Crippen molar-refractivity contribution in [2.24, 2.45) is 4.99 Å². The molecule has 1 heterocycles. The SMILES string of the molecule is CCNC(=NCc1cccc(S(=O)(=O)NCCOC)c1)NCCc1ccco1.I. The van der Waals surface area contributed by atoms with Crippen LogP contribution in [0.4, 0.5) is 0 Å². The Kier molecular flexibility index (Phi) is 11.9. The van der Waals surface area contributed by atoms with Crippen LogP contribution >= 0.6 is 24.0 Å². The smallest absolute Gasteiger partial charge is 0.240 e. The number of nitrogens with zero attached hydrogens (tertiary/aromatic N) is 1. The van der Waals surface area contributed by atoms with Crippen molar-refractivity contribution >= 4 is 40.0 Å². The summed E-state index contributed by atoms with van der Waals surface area (Å²) in [4.78, 5) is 4.74. The molecule has 1 aromatic carbocycles. The second kappa shape index (κ2) is 13.6. The third-order valence-corrected chi connectivity index (χ3v) is 5.27. The summed E-state index contributed by atoms with van der Waals surface area (Å²) in [7, 11) is -2.04. The van der Waals surface area contributed by atoms with Crippen molar-refractivity contribution in [1.29, 1.82) is 0 Å². The Bertz CT molecular complexity index is 842. The van der Waals surface area contributed by atoms with Crippen LogP contribution in [0.25, 0.3) is 0 Å². The molecule has 0 fully saturated rings. The summed E-state index contributed by atoms with van der Waals surface area (Å²) in [6.07, 6.45) is 2.40. The first-order valence-electron chi connectivity index (χ1n) is 9.17. The first kappa shape index (κ1) is 25.4. The Morgan fingerprint density at radius 2 is 2.00 bits per heavy atom. The summed E-state index contributed by atoms with van der Waals surface area (Å²) >= 11 is 0. The topological polar surface area (TPSA) is 105 Å². The minimum Gasteiger partial charge on any atom is -0.469 e. The molecule has 0 saturated heterocycles. The highest BCUT2D eigenvalue weighted by Gasteiger charge is 2.13. The minimum atomic E-state index is -3.56. The van der Waals surface area contributed by atoms with E-state index in [1.54, 1.807) is 24.5 Å². The molecule has 0 aliphatic heterocycles. The van der Waals surface area contributed by atoms with Gasteiger partial charge in [-0.05, 0) is 36.8 Å². The van der Waals surface area contributed by atoms with E-state index in [2.05, 4.69) is 20.3 Å². The zero-order valence-electron chi connectivity index (χ0n) is 16.7. The van der Waals surface area contributed by atoms with E-state index in [9.17, 15) is 8.42 Å². The van der Waals surface area contributed by atoms with Crippen LogP contribution in [0.15, 0.2) is 57.0 Å². The van der Waals surface area contributed by atoms with Gasteiger partial charge in [0.15, 0.2) is 5.96 Å². The second-order valence-corrected chi connectivity index (χ2v) is 7.76. The van der Waals surface area contributed by atoms with Crippen LogP contribution in [-0.4, -0.2) is 47.7 Å². The van der Waals surface area contributed by atoms with Crippen LogP contribution in [-0.2, 0) is 27.7 Å². The second-order valence-electron chi connectivity index (χ2n) is 5.99. The third kappa shape index (κ3) is 9.15. The van der Waals surface area contributed by atoms with Gasteiger partial charge in [-0.1, -0.05) is 12.1 Å². The number of hydrogen-bond donors (Lipinski definition) is 3. The average Bonchev–Trinajstić information content (AvgIpc) is 3.20. The van der Waals surface area contributed by atoms with Crippen molar-refractivity contribution in [1.82, 2.24) is 15.4 Å². The molecule has 0 spiro atoms. The van der Waals surface area contributed by atoms with Gasteiger partial charge in [0.05, 0.1) is 24.3 Å². The Labute approximate surface area is 189 Å². The first-order valence-corrected chi connectivity index (χ1v) is 10.7. The van der Waals surface area contributed by atoms with Crippen molar-refractivity contribution < 1.29 is 17.6 Å². The number of benzene rings is 1. The number of guanidine groups is 1. The molecule has 29 heavy (non-hydrogen) atoms. The maximum Gasteiger partial charge on any atom is 0.240 e.